The summed E-state index contributed by atoms with van der Waals surface area (Å²) in [6, 6.07) is 0.177. The average molecular weight is 280 g/mol. The normalized spacial score (nSPS) is 27.8. The number of nitrogens with zero attached hydrogens (tertiary/aromatic N) is 4. The van der Waals surface area contributed by atoms with Crippen molar-refractivity contribution in [3.05, 3.63) is 18.7 Å². The lowest BCUT2D eigenvalue weighted by Crippen LogP contribution is -2.45. The standard InChI is InChI=1S/C13H20N4OS/c18-12(15-6-2-1-3-7-15)16-8-4-13(19,10-16)17-9-5-14-11-17/h5,9,11,19H,1-4,6-8,10H2. The molecule has 2 fully saturated rings. The third-order valence-electron chi connectivity index (χ3n) is 4.11. The minimum atomic E-state index is -0.304. The summed E-state index contributed by atoms with van der Waals surface area (Å²) in [7, 11) is 0. The molecule has 0 aromatic carbocycles. The van der Waals surface area contributed by atoms with Crippen molar-refractivity contribution in [1.29, 1.82) is 0 Å². The van der Waals surface area contributed by atoms with Gasteiger partial charge in [-0.05, 0) is 25.7 Å². The Morgan fingerprint density at radius 2 is 1.95 bits per heavy atom. The summed E-state index contributed by atoms with van der Waals surface area (Å²) in [4.78, 5) is 20.1. The van der Waals surface area contributed by atoms with Gasteiger partial charge in [0.2, 0.25) is 0 Å². The van der Waals surface area contributed by atoms with Crippen LogP contribution in [0, 0.1) is 0 Å². The van der Waals surface area contributed by atoms with Crippen molar-refractivity contribution in [2.24, 2.45) is 0 Å². The van der Waals surface area contributed by atoms with Crippen LogP contribution in [0.4, 0.5) is 4.79 Å². The van der Waals surface area contributed by atoms with Gasteiger partial charge in [-0.15, -0.1) is 12.6 Å². The molecule has 19 heavy (non-hydrogen) atoms. The van der Waals surface area contributed by atoms with Gasteiger partial charge in [0.25, 0.3) is 0 Å². The first-order valence-corrected chi connectivity index (χ1v) is 7.38. The first-order chi connectivity index (χ1) is 9.19. The summed E-state index contributed by atoms with van der Waals surface area (Å²) in [5, 5.41) is 0. The molecule has 0 saturated carbocycles. The number of hydrogen-bond acceptors (Lipinski definition) is 3. The number of imidazole rings is 1. The molecule has 0 aliphatic carbocycles. The maximum absolute atomic E-state index is 12.5. The first kappa shape index (κ1) is 12.8. The summed E-state index contributed by atoms with van der Waals surface area (Å²) < 4.78 is 2.00. The molecule has 2 aliphatic rings. The molecule has 0 N–H and O–H groups in total. The van der Waals surface area contributed by atoms with Crippen molar-refractivity contribution >= 4 is 18.7 Å². The SMILES string of the molecule is O=C(N1CCCCC1)N1CCC(S)(n2ccnc2)C1. The van der Waals surface area contributed by atoms with Crippen molar-refractivity contribution in [1.82, 2.24) is 19.4 Å². The fourth-order valence-corrected chi connectivity index (χ4v) is 3.33. The molecule has 1 aromatic heterocycles. The lowest BCUT2D eigenvalue weighted by molar-refractivity contribution is 0.150. The quantitative estimate of drug-likeness (QED) is 0.797. The molecule has 2 saturated heterocycles. The van der Waals surface area contributed by atoms with Gasteiger partial charge in [0.1, 0.15) is 4.87 Å². The summed E-state index contributed by atoms with van der Waals surface area (Å²) >= 11 is 4.76. The molecule has 5 nitrogen and oxygen atoms in total. The van der Waals surface area contributed by atoms with E-state index in [1.807, 2.05) is 20.6 Å². The highest BCUT2D eigenvalue weighted by Crippen LogP contribution is 2.33. The number of likely N-dealkylation sites (tertiary alicyclic amines) is 2. The van der Waals surface area contributed by atoms with Gasteiger partial charge in [0.05, 0.1) is 12.9 Å². The molecular formula is C13H20N4OS. The molecule has 6 heteroatoms. The number of amides is 2. The third kappa shape index (κ3) is 2.45. The minimum absolute atomic E-state index is 0.177. The molecule has 0 spiro atoms. The number of carbonyl (C=O) groups is 1. The summed E-state index contributed by atoms with van der Waals surface area (Å²) in [6.45, 7) is 3.23. The molecule has 1 atom stereocenters. The Labute approximate surface area is 119 Å². The van der Waals surface area contributed by atoms with Crippen molar-refractivity contribution in [3.63, 3.8) is 0 Å². The molecular weight excluding hydrogens is 260 g/mol. The van der Waals surface area contributed by atoms with E-state index in [2.05, 4.69) is 4.98 Å². The molecule has 2 aliphatic heterocycles. The number of urea groups is 1. The van der Waals surface area contributed by atoms with Gasteiger partial charge >= 0.3 is 6.03 Å². The Balaban J connectivity index is 1.66. The van der Waals surface area contributed by atoms with Crippen LogP contribution >= 0.6 is 12.6 Å². The zero-order chi connectivity index (χ0) is 13.3. The summed E-state index contributed by atoms with van der Waals surface area (Å²) in [6.07, 6.45) is 9.83. The highest BCUT2D eigenvalue weighted by atomic mass is 32.1. The highest BCUT2D eigenvalue weighted by Gasteiger charge is 2.39. The fourth-order valence-electron chi connectivity index (χ4n) is 2.94. The van der Waals surface area contributed by atoms with Crippen LogP contribution in [0.25, 0.3) is 0 Å². The predicted molar refractivity (Wildman–Crippen MR) is 76.2 cm³/mol. The number of aromatic nitrogens is 2. The summed E-state index contributed by atoms with van der Waals surface area (Å²) in [5.74, 6) is 0. The molecule has 3 heterocycles. The van der Waals surface area contributed by atoms with Crippen LogP contribution in [0.5, 0.6) is 0 Å². The van der Waals surface area contributed by atoms with E-state index >= 15 is 0 Å². The van der Waals surface area contributed by atoms with Gasteiger partial charge in [-0.3, -0.25) is 0 Å². The van der Waals surface area contributed by atoms with Gasteiger partial charge in [-0.1, -0.05) is 0 Å². The van der Waals surface area contributed by atoms with Crippen LogP contribution in [0.2, 0.25) is 0 Å². The maximum Gasteiger partial charge on any atom is 0.320 e. The van der Waals surface area contributed by atoms with Gasteiger partial charge in [-0.2, -0.15) is 0 Å². The van der Waals surface area contributed by atoms with Gasteiger partial charge in [-0.25, -0.2) is 9.78 Å². The highest BCUT2D eigenvalue weighted by molar-refractivity contribution is 7.81. The molecule has 1 aromatic rings. The Morgan fingerprint density at radius 1 is 1.16 bits per heavy atom. The topological polar surface area (TPSA) is 41.4 Å². The monoisotopic (exact) mass is 280 g/mol. The molecule has 104 valence electrons. The number of carbonyl (C=O) groups excluding carboxylic acids is 1. The Bertz CT molecular complexity index is 444. The fraction of sp³-hybridized carbons (Fsp3) is 0.692. The largest absolute Gasteiger partial charge is 0.325 e. The molecule has 0 radical (unpaired) electrons. The molecule has 2 amide bonds. The van der Waals surface area contributed by atoms with Gasteiger partial charge in [0.15, 0.2) is 0 Å². The lowest BCUT2D eigenvalue weighted by atomic mass is 10.1. The zero-order valence-electron chi connectivity index (χ0n) is 11.0. The van der Waals surface area contributed by atoms with Gasteiger partial charge in [0, 0.05) is 32.0 Å². The van der Waals surface area contributed by atoms with E-state index < -0.39 is 0 Å². The lowest BCUT2D eigenvalue weighted by Gasteiger charge is -2.32. The average Bonchev–Trinajstić information content (AvgIpc) is 3.09. The van der Waals surface area contributed by atoms with Crippen molar-refractivity contribution in [2.45, 2.75) is 30.6 Å². The predicted octanol–water partition coefficient (Wildman–Crippen LogP) is 1.78. The Hall–Kier alpha value is -1.17. The van der Waals surface area contributed by atoms with Crippen LogP contribution < -0.4 is 0 Å². The van der Waals surface area contributed by atoms with Gasteiger partial charge < -0.3 is 14.4 Å². The van der Waals surface area contributed by atoms with E-state index in [1.165, 1.54) is 6.42 Å². The van der Waals surface area contributed by atoms with Crippen LogP contribution in [-0.4, -0.2) is 51.6 Å². The molecule has 3 rings (SSSR count). The Morgan fingerprint density at radius 3 is 2.63 bits per heavy atom. The maximum atomic E-state index is 12.5. The minimum Gasteiger partial charge on any atom is -0.325 e. The number of rotatable bonds is 1. The molecule has 0 bridgehead atoms. The summed E-state index contributed by atoms with van der Waals surface area (Å²) in [5.41, 5.74) is 0. The van der Waals surface area contributed by atoms with Crippen molar-refractivity contribution in [2.75, 3.05) is 26.2 Å². The second kappa shape index (κ2) is 5.07. The van der Waals surface area contributed by atoms with E-state index in [4.69, 9.17) is 12.6 Å². The van der Waals surface area contributed by atoms with E-state index in [9.17, 15) is 4.79 Å². The second-order valence-electron chi connectivity index (χ2n) is 5.45. The number of hydrogen-bond donors (Lipinski definition) is 1. The van der Waals surface area contributed by atoms with E-state index in [0.29, 0.717) is 6.54 Å². The number of piperidine rings is 1. The van der Waals surface area contributed by atoms with E-state index in [-0.39, 0.29) is 10.9 Å². The zero-order valence-corrected chi connectivity index (χ0v) is 11.9. The number of thiol groups is 1. The van der Waals surface area contributed by atoms with Crippen LogP contribution in [0.15, 0.2) is 18.7 Å². The Kier molecular flexibility index (Phi) is 3.43. The smallest absolute Gasteiger partial charge is 0.320 e. The second-order valence-corrected chi connectivity index (χ2v) is 6.29. The molecule has 1 unspecified atom stereocenters. The van der Waals surface area contributed by atoms with Crippen molar-refractivity contribution < 1.29 is 4.79 Å². The van der Waals surface area contributed by atoms with Crippen LogP contribution in [-0.2, 0) is 4.87 Å². The first-order valence-electron chi connectivity index (χ1n) is 6.94. The van der Waals surface area contributed by atoms with E-state index in [1.54, 1.807) is 12.5 Å². The van der Waals surface area contributed by atoms with E-state index in [0.717, 1.165) is 38.9 Å². The van der Waals surface area contributed by atoms with Crippen LogP contribution in [0.3, 0.4) is 0 Å². The third-order valence-corrected chi connectivity index (χ3v) is 4.70. The van der Waals surface area contributed by atoms with Crippen LogP contribution in [0.1, 0.15) is 25.7 Å². The van der Waals surface area contributed by atoms with Crippen molar-refractivity contribution in [3.8, 4) is 0 Å².